The second-order valence-corrected chi connectivity index (χ2v) is 8.54. The van der Waals surface area contributed by atoms with Crippen LogP contribution in [-0.4, -0.2) is 70.4 Å². The summed E-state index contributed by atoms with van der Waals surface area (Å²) in [6.07, 6.45) is -1.53. The van der Waals surface area contributed by atoms with Gasteiger partial charge in [0, 0.05) is 12.2 Å². The topological polar surface area (TPSA) is 121 Å². The van der Waals surface area contributed by atoms with Gasteiger partial charge in [-0.25, -0.2) is 9.59 Å². The molecule has 29 heavy (non-hydrogen) atoms. The van der Waals surface area contributed by atoms with Crippen molar-refractivity contribution in [2.24, 2.45) is 0 Å². The zero-order valence-electron chi connectivity index (χ0n) is 16.7. The number of aryl methyl sites for hydroxylation is 1. The maximum absolute atomic E-state index is 12.6. The Hall–Kier alpha value is -1.97. The number of H-pyrrole nitrogens is 1. The van der Waals surface area contributed by atoms with Crippen molar-refractivity contribution in [1.82, 2.24) is 15.2 Å². The summed E-state index contributed by atoms with van der Waals surface area (Å²) in [5.74, 6) is -1.07. The number of esters is 1. The number of nitrogens with zero attached hydrogens (tertiary/aromatic N) is 1. The molecular weight excluding hydrogens is 425 g/mol. The quantitative estimate of drug-likeness (QED) is 0.594. The Morgan fingerprint density at radius 1 is 1.28 bits per heavy atom. The smallest absolute Gasteiger partial charge is 0.407 e. The number of ether oxygens (including phenoxy) is 2. The molecule has 1 fully saturated rings. The van der Waals surface area contributed by atoms with Gasteiger partial charge in [-0.05, 0) is 34.1 Å². The number of carboxylic acid groups (broad SMARTS) is 1. The molecule has 3 N–H and O–H groups in total. The summed E-state index contributed by atoms with van der Waals surface area (Å²) in [5.41, 5.74) is -0.00385. The minimum atomic E-state index is -1.10. The number of likely N-dealkylation sites (tertiary alicyclic amines) is 1. The Labute approximate surface area is 178 Å². The molecule has 1 aliphatic rings. The molecule has 11 heteroatoms. The SMILES string of the molecule is Cc1[nH]c(C(=O)NC2CCN(C(=O)O)CC2OCC(=O)OC(C)(C)C)c(Cl)c1Cl. The Morgan fingerprint density at radius 3 is 2.45 bits per heavy atom. The van der Waals surface area contributed by atoms with Gasteiger partial charge in [0.25, 0.3) is 5.91 Å². The first-order chi connectivity index (χ1) is 13.4. The van der Waals surface area contributed by atoms with Gasteiger partial charge in [0.05, 0.1) is 28.7 Å². The molecule has 0 spiro atoms. The number of hydrogen-bond donors (Lipinski definition) is 3. The summed E-state index contributed by atoms with van der Waals surface area (Å²) in [6, 6.07) is -0.529. The van der Waals surface area contributed by atoms with Crippen LogP contribution < -0.4 is 5.32 Å². The number of piperidine rings is 1. The van der Waals surface area contributed by atoms with E-state index in [1.165, 1.54) is 4.90 Å². The number of carbonyl (C=O) groups excluding carboxylic acids is 2. The minimum absolute atomic E-state index is 0.00131. The lowest BCUT2D eigenvalue weighted by molar-refractivity contribution is -0.163. The van der Waals surface area contributed by atoms with Crippen LogP contribution in [-0.2, 0) is 14.3 Å². The molecular formula is C18H25Cl2N3O6. The Morgan fingerprint density at radius 2 is 1.93 bits per heavy atom. The van der Waals surface area contributed by atoms with Gasteiger partial charge in [-0.1, -0.05) is 23.2 Å². The highest BCUT2D eigenvalue weighted by molar-refractivity contribution is 6.44. The van der Waals surface area contributed by atoms with Gasteiger partial charge in [0.15, 0.2) is 0 Å². The van der Waals surface area contributed by atoms with E-state index >= 15 is 0 Å². The molecule has 2 amide bonds. The van der Waals surface area contributed by atoms with Gasteiger partial charge in [-0.3, -0.25) is 4.79 Å². The van der Waals surface area contributed by atoms with Crippen LogP contribution in [0.15, 0.2) is 0 Å². The molecule has 162 valence electrons. The van der Waals surface area contributed by atoms with Crippen molar-refractivity contribution in [3.8, 4) is 0 Å². The standard InChI is InChI=1S/C18H25Cl2N3O6/c1-9-13(19)14(20)15(21-9)16(25)22-10-5-6-23(17(26)27)7-11(10)28-8-12(24)29-18(2,3)4/h10-11,21H,5-8H2,1-4H3,(H,22,25)(H,26,27). The van der Waals surface area contributed by atoms with E-state index in [-0.39, 0.29) is 35.4 Å². The first-order valence-corrected chi connectivity index (χ1v) is 9.80. The van der Waals surface area contributed by atoms with Crippen molar-refractivity contribution < 1.29 is 29.0 Å². The molecule has 9 nitrogen and oxygen atoms in total. The van der Waals surface area contributed by atoms with Crippen LogP contribution >= 0.6 is 23.2 Å². The first-order valence-electron chi connectivity index (χ1n) is 9.04. The molecule has 0 aromatic carbocycles. The third-order valence-electron chi connectivity index (χ3n) is 4.26. The van der Waals surface area contributed by atoms with Gasteiger partial charge in [0.2, 0.25) is 0 Å². The van der Waals surface area contributed by atoms with Crippen LogP contribution in [0, 0.1) is 6.92 Å². The second kappa shape index (κ2) is 9.23. The van der Waals surface area contributed by atoms with Gasteiger partial charge in [-0.15, -0.1) is 0 Å². The number of nitrogens with one attached hydrogen (secondary N) is 2. The molecule has 2 unspecified atom stereocenters. The van der Waals surface area contributed by atoms with Crippen molar-refractivity contribution >= 4 is 41.2 Å². The number of amides is 2. The van der Waals surface area contributed by atoms with Gasteiger partial charge < -0.3 is 29.8 Å². The number of carbonyl (C=O) groups is 3. The fourth-order valence-electron chi connectivity index (χ4n) is 2.94. The number of halogens is 2. The summed E-state index contributed by atoms with van der Waals surface area (Å²) >= 11 is 12.1. The number of rotatable bonds is 5. The summed E-state index contributed by atoms with van der Waals surface area (Å²) < 4.78 is 10.8. The van der Waals surface area contributed by atoms with Crippen molar-refractivity contribution in [3.63, 3.8) is 0 Å². The Balaban J connectivity index is 2.08. The largest absolute Gasteiger partial charge is 0.465 e. The molecule has 1 saturated heterocycles. The van der Waals surface area contributed by atoms with Crippen molar-refractivity contribution in [3.05, 3.63) is 21.4 Å². The lowest BCUT2D eigenvalue weighted by Gasteiger charge is -2.37. The lowest BCUT2D eigenvalue weighted by atomic mass is 10.0. The van der Waals surface area contributed by atoms with Crippen molar-refractivity contribution in [1.29, 1.82) is 0 Å². The fraction of sp³-hybridized carbons (Fsp3) is 0.611. The van der Waals surface area contributed by atoms with E-state index in [0.29, 0.717) is 12.1 Å². The van der Waals surface area contributed by atoms with E-state index in [4.69, 9.17) is 32.7 Å². The molecule has 2 heterocycles. The average Bonchev–Trinajstić information content (AvgIpc) is 2.86. The van der Waals surface area contributed by atoms with Crippen LogP contribution in [0.2, 0.25) is 10.0 Å². The number of aromatic nitrogens is 1. The molecule has 0 radical (unpaired) electrons. The zero-order chi connectivity index (χ0) is 21.9. The van der Waals surface area contributed by atoms with Crippen LogP contribution in [0.25, 0.3) is 0 Å². The molecule has 0 aliphatic carbocycles. The van der Waals surface area contributed by atoms with Gasteiger partial charge >= 0.3 is 12.1 Å². The highest BCUT2D eigenvalue weighted by atomic mass is 35.5. The van der Waals surface area contributed by atoms with Crippen LogP contribution in [0.4, 0.5) is 4.79 Å². The summed E-state index contributed by atoms with van der Waals surface area (Å²) in [6.45, 7) is 6.72. The van der Waals surface area contributed by atoms with Crippen LogP contribution in [0.1, 0.15) is 43.4 Å². The molecule has 2 rings (SSSR count). The average molecular weight is 450 g/mol. The van der Waals surface area contributed by atoms with E-state index in [2.05, 4.69) is 10.3 Å². The Bertz CT molecular complexity index is 789. The molecule has 0 bridgehead atoms. The van der Waals surface area contributed by atoms with Crippen molar-refractivity contribution in [2.75, 3.05) is 19.7 Å². The fourth-order valence-corrected chi connectivity index (χ4v) is 3.36. The molecule has 1 aromatic heterocycles. The van der Waals surface area contributed by atoms with E-state index in [1.807, 2.05) is 0 Å². The molecule has 1 aliphatic heterocycles. The van der Waals surface area contributed by atoms with E-state index in [1.54, 1.807) is 27.7 Å². The highest BCUT2D eigenvalue weighted by Gasteiger charge is 2.35. The third-order valence-corrected chi connectivity index (χ3v) is 5.21. The maximum atomic E-state index is 12.6. The van der Waals surface area contributed by atoms with Crippen LogP contribution in [0.3, 0.4) is 0 Å². The predicted molar refractivity (Wildman–Crippen MR) is 107 cm³/mol. The minimum Gasteiger partial charge on any atom is -0.465 e. The number of hydrogen-bond acceptors (Lipinski definition) is 5. The zero-order valence-corrected chi connectivity index (χ0v) is 18.2. The lowest BCUT2D eigenvalue weighted by Crippen LogP contribution is -2.56. The molecule has 1 aromatic rings. The van der Waals surface area contributed by atoms with Crippen LogP contribution in [0.5, 0.6) is 0 Å². The number of aromatic amines is 1. The van der Waals surface area contributed by atoms with Crippen molar-refractivity contribution in [2.45, 2.75) is 51.9 Å². The third kappa shape index (κ3) is 6.25. The summed E-state index contributed by atoms with van der Waals surface area (Å²) in [7, 11) is 0. The van der Waals surface area contributed by atoms with E-state index in [9.17, 15) is 19.5 Å². The molecule has 2 atom stereocenters. The highest BCUT2D eigenvalue weighted by Crippen LogP contribution is 2.29. The van der Waals surface area contributed by atoms with Gasteiger partial charge in [0.1, 0.15) is 17.9 Å². The molecule has 0 saturated carbocycles. The summed E-state index contributed by atoms with van der Waals surface area (Å²) in [5, 5.41) is 12.4. The second-order valence-electron chi connectivity index (χ2n) is 7.79. The first kappa shape index (κ1) is 23.3. The monoisotopic (exact) mass is 449 g/mol. The Kier molecular flexibility index (Phi) is 7.42. The van der Waals surface area contributed by atoms with Gasteiger partial charge in [-0.2, -0.15) is 0 Å². The maximum Gasteiger partial charge on any atom is 0.407 e. The van der Waals surface area contributed by atoms with E-state index < -0.39 is 35.7 Å². The predicted octanol–water partition coefficient (Wildman–Crippen LogP) is 2.84. The van der Waals surface area contributed by atoms with E-state index in [0.717, 1.165) is 0 Å². The normalized spacial score (nSPS) is 19.7. The summed E-state index contributed by atoms with van der Waals surface area (Å²) in [4.78, 5) is 39.9.